The molecule has 0 bridgehead atoms. The Morgan fingerprint density at radius 1 is 1.19 bits per heavy atom. The number of aromatic hydroxyl groups is 1. The first kappa shape index (κ1) is 22.0. The Morgan fingerprint density at radius 2 is 1.88 bits per heavy atom. The summed E-state index contributed by atoms with van der Waals surface area (Å²) >= 11 is 0. The molecule has 4 rings (SSSR count). The number of phenolic OH excluding ortho intramolecular Hbond substituents is 1. The van der Waals surface area contributed by atoms with Gasteiger partial charge in [0.1, 0.15) is 22.8 Å². The lowest BCUT2D eigenvalue weighted by molar-refractivity contribution is -0.126. The molecule has 0 spiro atoms. The van der Waals surface area contributed by atoms with E-state index < -0.39 is 62.3 Å². The summed E-state index contributed by atoms with van der Waals surface area (Å²) < 4.78 is 25.4. The summed E-state index contributed by atoms with van der Waals surface area (Å²) in [5.41, 5.74) is 5.55. The summed E-state index contributed by atoms with van der Waals surface area (Å²) in [5.74, 6) is -6.04. The number of sulfonamides is 1. The highest BCUT2D eigenvalue weighted by Gasteiger charge is 2.50. The highest BCUT2D eigenvalue weighted by Crippen LogP contribution is 2.49. The lowest BCUT2D eigenvalue weighted by Gasteiger charge is -2.41. The van der Waals surface area contributed by atoms with Gasteiger partial charge in [0.2, 0.25) is 10.0 Å². The van der Waals surface area contributed by atoms with E-state index in [2.05, 4.69) is 4.72 Å². The normalized spacial score (nSPS) is 25.3. The zero-order valence-corrected chi connectivity index (χ0v) is 17.9. The molecule has 170 valence electrons. The van der Waals surface area contributed by atoms with Crippen LogP contribution in [0.3, 0.4) is 0 Å². The summed E-state index contributed by atoms with van der Waals surface area (Å²) in [7, 11) is -3.50. The highest BCUT2D eigenvalue weighted by atomic mass is 32.2. The highest BCUT2D eigenvalue weighted by molar-refractivity contribution is 7.88. The summed E-state index contributed by atoms with van der Waals surface area (Å²) in [5, 5.41) is 31.5. The number of benzene rings is 1. The van der Waals surface area contributed by atoms with Crippen molar-refractivity contribution in [2.45, 2.75) is 25.8 Å². The van der Waals surface area contributed by atoms with E-state index in [1.54, 1.807) is 0 Å². The van der Waals surface area contributed by atoms with Gasteiger partial charge < -0.3 is 21.1 Å². The van der Waals surface area contributed by atoms with Crippen molar-refractivity contribution >= 4 is 27.5 Å². The first-order valence-corrected chi connectivity index (χ1v) is 11.8. The third kappa shape index (κ3) is 3.47. The second-order valence-corrected chi connectivity index (χ2v) is 10.3. The van der Waals surface area contributed by atoms with Crippen molar-refractivity contribution in [2.24, 2.45) is 23.5 Å². The fraction of sp³-hybridized carbons (Fsp3) is 0.381. The Labute approximate surface area is 183 Å². The average molecular weight is 462 g/mol. The number of hydrogen-bond donors (Lipinski definition) is 5. The van der Waals surface area contributed by atoms with Crippen molar-refractivity contribution < 1.29 is 38.1 Å². The zero-order valence-electron chi connectivity index (χ0n) is 17.1. The van der Waals surface area contributed by atoms with Crippen LogP contribution >= 0.6 is 0 Å². The molecular formula is C21H22N2O8S. The molecule has 1 aromatic carbocycles. The Hall–Kier alpha value is -3.18. The molecule has 0 saturated carbocycles. The van der Waals surface area contributed by atoms with Crippen molar-refractivity contribution in [3.05, 3.63) is 51.5 Å². The zero-order chi connectivity index (χ0) is 23.5. The van der Waals surface area contributed by atoms with Crippen molar-refractivity contribution in [2.75, 3.05) is 6.26 Å². The molecule has 3 atom stereocenters. The van der Waals surface area contributed by atoms with Crippen molar-refractivity contribution in [3.8, 4) is 5.75 Å². The van der Waals surface area contributed by atoms with E-state index in [-0.39, 0.29) is 42.7 Å². The molecule has 0 aromatic heterocycles. The van der Waals surface area contributed by atoms with Gasteiger partial charge in [0.05, 0.1) is 17.7 Å². The maximum atomic E-state index is 13.3. The molecule has 11 heteroatoms. The third-order valence-electron chi connectivity index (χ3n) is 6.39. The molecule has 3 aliphatic carbocycles. The van der Waals surface area contributed by atoms with Gasteiger partial charge in [0.15, 0.2) is 11.6 Å². The van der Waals surface area contributed by atoms with Gasteiger partial charge in [0, 0.05) is 18.5 Å². The predicted molar refractivity (Wildman–Crippen MR) is 111 cm³/mol. The van der Waals surface area contributed by atoms with Gasteiger partial charge in [-0.15, -0.1) is 0 Å². The summed E-state index contributed by atoms with van der Waals surface area (Å²) in [6.07, 6.45) is 1.45. The molecule has 6 N–H and O–H groups in total. The molecule has 32 heavy (non-hydrogen) atoms. The number of primary amides is 1. The number of aliphatic hydroxyl groups is 2. The van der Waals surface area contributed by atoms with Gasteiger partial charge in [0.25, 0.3) is 5.91 Å². The van der Waals surface area contributed by atoms with Gasteiger partial charge in [-0.3, -0.25) is 14.4 Å². The number of fused-ring (bicyclic) bond motifs is 3. The Kier molecular flexibility index (Phi) is 5.13. The minimum absolute atomic E-state index is 0.0131. The fourth-order valence-corrected chi connectivity index (χ4v) is 5.50. The second kappa shape index (κ2) is 7.45. The number of carbonyl (C=O) groups is 3. The van der Waals surface area contributed by atoms with Crippen molar-refractivity contribution in [1.82, 2.24) is 4.72 Å². The Balaban J connectivity index is 1.80. The van der Waals surface area contributed by atoms with Crippen LogP contribution in [0.2, 0.25) is 0 Å². The van der Waals surface area contributed by atoms with E-state index in [0.29, 0.717) is 11.1 Å². The molecule has 10 nitrogen and oxygen atoms in total. The number of nitrogens with two attached hydrogens (primary N) is 1. The van der Waals surface area contributed by atoms with Crippen LogP contribution in [0, 0.1) is 17.8 Å². The predicted octanol–water partition coefficient (Wildman–Crippen LogP) is 0.515. The van der Waals surface area contributed by atoms with E-state index in [4.69, 9.17) is 5.73 Å². The Bertz CT molecular complexity index is 1240. The molecule has 1 amide bonds. The van der Waals surface area contributed by atoms with Gasteiger partial charge in [-0.2, -0.15) is 0 Å². The fourth-order valence-electron chi connectivity index (χ4n) is 5.08. The largest absolute Gasteiger partial charge is 0.511 e. The molecule has 3 unspecified atom stereocenters. The minimum atomic E-state index is -3.50. The Morgan fingerprint density at radius 3 is 2.50 bits per heavy atom. The van der Waals surface area contributed by atoms with Crippen LogP contribution in [0.4, 0.5) is 0 Å². The summed E-state index contributed by atoms with van der Waals surface area (Å²) in [4.78, 5) is 37.7. The van der Waals surface area contributed by atoms with Gasteiger partial charge in [-0.25, -0.2) is 13.1 Å². The van der Waals surface area contributed by atoms with E-state index in [0.717, 1.165) is 6.26 Å². The molecular weight excluding hydrogens is 440 g/mol. The smallest absolute Gasteiger partial charge is 0.255 e. The lowest BCUT2D eigenvalue weighted by atomic mass is 9.62. The van der Waals surface area contributed by atoms with Crippen LogP contribution in [0.1, 0.15) is 34.3 Å². The minimum Gasteiger partial charge on any atom is -0.511 e. The van der Waals surface area contributed by atoms with Crippen LogP contribution in [0.5, 0.6) is 5.75 Å². The first-order chi connectivity index (χ1) is 14.9. The first-order valence-electron chi connectivity index (χ1n) is 9.92. The maximum absolute atomic E-state index is 13.3. The van der Waals surface area contributed by atoms with E-state index in [1.165, 1.54) is 12.1 Å². The number of allylic oxidation sites excluding steroid dienone is 3. The van der Waals surface area contributed by atoms with E-state index in [9.17, 15) is 38.1 Å². The number of hydrogen-bond acceptors (Lipinski definition) is 8. The number of rotatable bonds is 4. The van der Waals surface area contributed by atoms with Gasteiger partial charge in [-0.05, 0) is 41.9 Å². The van der Waals surface area contributed by atoms with Crippen molar-refractivity contribution in [1.29, 1.82) is 0 Å². The standard InChI is InChI=1S/C21H22N2O8S/c1-32(30,31)23-7-8-2-3-12(24)16-11(8)5-9-4-10-6-13(25)17(21(22)29)20(28)15(10)18(26)14(9)19(16)27/h2-3,9-10,15,23-26H,4-7H2,1H3,(H2,22,29). The summed E-state index contributed by atoms with van der Waals surface area (Å²) in [6.45, 7) is -0.0808. The second-order valence-electron chi connectivity index (χ2n) is 8.45. The topological polar surface area (TPSA) is 184 Å². The van der Waals surface area contributed by atoms with Gasteiger partial charge >= 0.3 is 0 Å². The third-order valence-corrected chi connectivity index (χ3v) is 7.06. The van der Waals surface area contributed by atoms with Crippen LogP contribution in [-0.4, -0.2) is 47.5 Å². The van der Waals surface area contributed by atoms with Crippen LogP contribution in [0.15, 0.2) is 34.8 Å². The molecule has 1 aromatic rings. The molecule has 0 radical (unpaired) electrons. The van der Waals surface area contributed by atoms with Crippen LogP contribution in [-0.2, 0) is 32.6 Å². The molecule has 3 aliphatic rings. The lowest BCUT2D eigenvalue weighted by Crippen LogP contribution is -2.43. The number of nitrogens with one attached hydrogen (secondary N) is 1. The average Bonchev–Trinajstić information content (AvgIpc) is 2.65. The number of aliphatic hydroxyl groups excluding tert-OH is 2. The molecule has 0 heterocycles. The molecule has 0 aliphatic heterocycles. The number of Topliss-reactive ketones (excluding diaryl/α,β-unsaturated/α-hetero) is 2. The van der Waals surface area contributed by atoms with Crippen LogP contribution < -0.4 is 10.5 Å². The number of amides is 1. The summed E-state index contributed by atoms with van der Waals surface area (Å²) in [6, 6.07) is 2.80. The maximum Gasteiger partial charge on any atom is 0.255 e. The van der Waals surface area contributed by atoms with Gasteiger partial charge in [-0.1, -0.05) is 6.07 Å². The SMILES string of the molecule is CS(=O)(=O)NCc1ccc(O)c2c1CC1CC3CC(O)=C(C(N)=O)C(=O)C3C(O)=C1C2=O. The number of carbonyl (C=O) groups excluding carboxylic acids is 3. The van der Waals surface area contributed by atoms with E-state index in [1.807, 2.05) is 0 Å². The van der Waals surface area contributed by atoms with E-state index >= 15 is 0 Å². The number of phenols is 1. The molecule has 0 fully saturated rings. The van der Waals surface area contributed by atoms with Crippen molar-refractivity contribution in [3.63, 3.8) is 0 Å². The number of ketones is 2. The molecule has 0 saturated heterocycles. The monoisotopic (exact) mass is 462 g/mol. The van der Waals surface area contributed by atoms with Crippen LogP contribution in [0.25, 0.3) is 0 Å². The quantitative estimate of drug-likeness (QED) is 0.401.